The number of amides is 1. The van der Waals surface area contributed by atoms with Crippen LogP contribution in [-0.4, -0.2) is 51.9 Å². The number of likely N-dealkylation sites (tertiary alicyclic amines) is 1. The smallest absolute Gasteiger partial charge is 0.415 e. The number of nitrogens with zero attached hydrogens (tertiary/aromatic N) is 3. The highest BCUT2D eigenvalue weighted by molar-refractivity contribution is 5.92. The second kappa shape index (κ2) is 8.09. The van der Waals surface area contributed by atoms with Gasteiger partial charge in [0.1, 0.15) is 11.4 Å². The highest BCUT2D eigenvalue weighted by Gasteiger charge is 2.47. The zero-order chi connectivity index (χ0) is 24.3. The van der Waals surface area contributed by atoms with E-state index in [1.807, 2.05) is 6.92 Å². The van der Waals surface area contributed by atoms with Gasteiger partial charge in [-0.3, -0.25) is 9.80 Å². The molecule has 1 amide bonds. The Kier molecular flexibility index (Phi) is 5.11. The van der Waals surface area contributed by atoms with Crippen molar-refractivity contribution in [3.05, 3.63) is 65.1 Å². The third-order valence-electron chi connectivity index (χ3n) is 7.66. The lowest BCUT2D eigenvalue weighted by molar-refractivity contribution is -0.000896. The number of carbonyl (C=O) groups is 2. The highest BCUT2D eigenvalue weighted by atomic mass is 19.1. The van der Waals surface area contributed by atoms with E-state index in [4.69, 9.17) is 9.84 Å². The first-order valence-corrected chi connectivity index (χ1v) is 12.2. The molecule has 182 valence electrons. The summed E-state index contributed by atoms with van der Waals surface area (Å²) in [4.78, 5) is 27.7. The molecule has 3 heterocycles. The molecule has 2 saturated heterocycles. The maximum atomic E-state index is 14.3. The standard InChI is InChI=1S/C27H28FN3O4/c1-17-12-20(28)13-23-19(15-30(24(17)23)21-6-7-21)14-29-10-8-27(9-11-29)16-31(26(34)35-27)22-4-2-18(3-5-22)25(32)33/h2-5,12-13,15,21H,6-11,14,16H2,1H3,(H,32,33). The van der Waals surface area contributed by atoms with Gasteiger partial charge in [-0.05, 0) is 67.3 Å². The van der Waals surface area contributed by atoms with Gasteiger partial charge in [0.25, 0.3) is 0 Å². The fraction of sp³-hybridized carbons (Fsp3) is 0.407. The van der Waals surface area contributed by atoms with Crippen molar-refractivity contribution in [1.82, 2.24) is 9.47 Å². The summed E-state index contributed by atoms with van der Waals surface area (Å²) in [6.45, 7) is 4.74. The molecular formula is C27H28FN3O4. The van der Waals surface area contributed by atoms with Gasteiger partial charge >= 0.3 is 12.1 Å². The average Bonchev–Trinajstić information content (AvgIpc) is 3.54. The van der Waals surface area contributed by atoms with Crippen LogP contribution < -0.4 is 4.90 Å². The Morgan fingerprint density at radius 1 is 1.17 bits per heavy atom. The number of aromatic nitrogens is 1. The van der Waals surface area contributed by atoms with E-state index in [1.165, 1.54) is 25.0 Å². The van der Waals surface area contributed by atoms with E-state index in [-0.39, 0.29) is 17.5 Å². The summed E-state index contributed by atoms with van der Waals surface area (Å²) in [6.07, 6.45) is 5.60. The summed E-state index contributed by atoms with van der Waals surface area (Å²) in [5, 5.41) is 10.1. The molecule has 0 unspecified atom stereocenters. The number of aryl methyl sites for hydroxylation is 1. The molecule has 1 spiro atoms. The summed E-state index contributed by atoms with van der Waals surface area (Å²) < 4.78 is 22.5. The molecule has 35 heavy (non-hydrogen) atoms. The molecule has 1 saturated carbocycles. The molecular weight excluding hydrogens is 449 g/mol. The van der Waals surface area contributed by atoms with E-state index < -0.39 is 11.6 Å². The maximum Gasteiger partial charge on any atom is 0.415 e. The molecule has 8 heteroatoms. The Bertz CT molecular complexity index is 1320. The molecule has 0 atom stereocenters. The topological polar surface area (TPSA) is 75.0 Å². The van der Waals surface area contributed by atoms with Gasteiger partial charge in [0.05, 0.1) is 17.6 Å². The number of anilines is 1. The lowest BCUT2D eigenvalue weighted by atomic mass is 9.91. The first-order chi connectivity index (χ1) is 16.8. The average molecular weight is 478 g/mol. The van der Waals surface area contributed by atoms with Gasteiger partial charge < -0.3 is 14.4 Å². The molecule has 2 aliphatic heterocycles. The van der Waals surface area contributed by atoms with Crippen LogP contribution in [0.5, 0.6) is 0 Å². The van der Waals surface area contributed by atoms with Crippen LogP contribution in [0, 0.1) is 12.7 Å². The van der Waals surface area contributed by atoms with Crippen molar-refractivity contribution in [1.29, 1.82) is 0 Å². The lowest BCUT2D eigenvalue weighted by Crippen LogP contribution is -2.46. The minimum absolute atomic E-state index is 0.183. The van der Waals surface area contributed by atoms with Crippen molar-refractivity contribution in [2.24, 2.45) is 0 Å². The number of fused-ring (bicyclic) bond motifs is 1. The van der Waals surface area contributed by atoms with Crippen LogP contribution in [0.3, 0.4) is 0 Å². The quantitative estimate of drug-likeness (QED) is 0.553. The Hall–Kier alpha value is -3.39. The van der Waals surface area contributed by atoms with Crippen LogP contribution in [0.1, 0.15) is 53.2 Å². The number of ether oxygens (including phenoxy) is 1. The number of hydrogen-bond acceptors (Lipinski definition) is 4. The Morgan fingerprint density at radius 2 is 1.89 bits per heavy atom. The van der Waals surface area contributed by atoms with Crippen molar-refractivity contribution in [3.63, 3.8) is 0 Å². The number of hydrogen-bond donors (Lipinski definition) is 1. The van der Waals surface area contributed by atoms with E-state index in [0.717, 1.165) is 54.5 Å². The first kappa shape index (κ1) is 22.1. The second-order valence-electron chi connectivity index (χ2n) is 10.2. The molecule has 0 radical (unpaired) electrons. The summed E-state index contributed by atoms with van der Waals surface area (Å²) >= 11 is 0. The van der Waals surface area contributed by atoms with Gasteiger partial charge in [-0.15, -0.1) is 0 Å². The Labute approximate surface area is 202 Å². The van der Waals surface area contributed by atoms with Crippen LogP contribution in [0.15, 0.2) is 42.6 Å². The predicted molar refractivity (Wildman–Crippen MR) is 129 cm³/mol. The highest BCUT2D eigenvalue weighted by Crippen LogP contribution is 2.41. The van der Waals surface area contributed by atoms with Gasteiger partial charge in [0.2, 0.25) is 0 Å². The summed E-state index contributed by atoms with van der Waals surface area (Å²) in [7, 11) is 0. The van der Waals surface area contributed by atoms with E-state index in [1.54, 1.807) is 29.2 Å². The van der Waals surface area contributed by atoms with Crippen LogP contribution in [0.25, 0.3) is 10.9 Å². The Morgan fingerprint density at radius 3 is 2.54 bits per heavy atom. The fourth-order valence-electron chi connectivity index (χ4n) is 5.62. The lowest BCUT2D eigenvalue weighted by Gasteiger charge is -2.37. The number of halogens is 1. The minimum Gasteiger partial charge on any atom is -0.478 e. The first-order valence-electron chi connectivity index (χ1n) is 12.2. The fourth-order valence-corrected chi connectivity index (χ4v) is 5.62. The van der Waals surface area contributed by atoms with Crippen LogP contribution in [-0.2, 0) is 11.3 Å². The van der Waals surface area contributed by atoms with E-state index in [2.05, 4.69) is 15.7 Å². The predicted octanol–water partition coefficient (Wildman–Crippen LogP) is 5.11. The number of aromatic carboxylic acids is 1. The molecule has 7 nitrogen and oxygen atoms in total. The summed E-state index contributed by atoms with van der Waals surface area (Å²) in [5.41, 5.74) is 3.56. The van der Waals surface area contributed by atoms with Crippen molar-refractivity contribution in [2.45, 2.75) is 50.8 Å². The normalized spacial score (nSPS) is 20.1. The second-order valence-corrected chi connectivity index (χ2v) is 10.2. The minimum atomic E-state index is -0.998. The van der Waals surface area contributed by atoms with Crippen molar-refractivity contribution >= 4 is 28.7 Å². The molecule has 2 aromatic carbocycles. The van der Waals surface area contributed by atoms with Gasteiger partial charge in [-0.25, -0.2) is 14.0 Å². The molecule has 3 aliphatic rings. The van der Waals surface area contributed by atoms with Crippen LogP contribution in [0.2, 0.25) is 0 Å². The Balaban J connectivity index is 1.16. The number of rotatable bonds is 5. The molecule has 1 aliphatic carbocycles. The molecule has 3 aromatic rings. The van der Waals surface area contributed by atoms with Crippen LogP contribution in [0.4, 0.5) is 14.9 Å². The number of piperidine rings is 1. The molecule has 6 rings (SSSR count). The molecule has 0 bridgehead atoms. The van der Waals surface area contributed by atoms with Crippen molar-refractivity contribution in [2.75, 3.05) is 24.5 Å². The largest absolute Gasteiger partial charge is 0.478 e. The monoisotopic (exact) mass is 477 g/mol. The van der Waals surface area contributed by atoms with Gasteiger partial charge in [-0.2, -0.15) is 0 Å². The SMILES string of the molecule is Cc1cc(F)cc2c(CN3CCC4(CC3)CN(c3ccc(C(=O)O)cc3)C(=O)O4)cn(C3CC3)c12. The third kappa shape index (κ3) is 3.95. The van der Waals surface area contributed by atoms with E-state index in [9.17, 15) is 14.0 Å². The maximum absolute atomic E-state index is 14.3. The van der Waals surface area contributed by atoms with Gasteiger partial charge in [0, 0.05) is 55.8 Å². The van der Waals surface area contributed by atoms with Crippen molar-refractivity contribution < 1.29 is 23.8 Å². The number of carboxylic acid groups (broad SMARTS) is 1. The zero-order valence-electron chi connectivity index (χ0n) is 19.7. The number of carbonyl (C=O) groups excluding carboxylic acids is 1. The van der Waals surface area contributed by atoms with Gasteiger partial charge in [-0.1, -0.05) is 0 Å². The summed E-state index contributed by atoms with van der Waals surface area (Å²) in [6, 6.07) is 10.1. The van der Waals surface area contributed by atoms with E-state index in [0.29, 0.717) is 18.3 Å². The summed E-state index contributed by atoms with van der Waals surface area (Å²) in [5.74, 6) is -1.20. The molecule has 1 aromatic heterocycles. The van der Waals surface area contributed by atoms with Gasteiger partial charge in [0.15, 0.2) is 0 Å². The molecule has 1 N–H and O–H groups in total. The number of benzene rings is 2. The zero-order valence-corrected chi connectivity index (χ0v) is 19.7. The van der Waals surface area contributed by atoms with E-state index >= 15 is 0 Å². The number of carboxylic acids is 1. The van der Waals surface area contributed by atoms with Crippen molar-refractivity contribution in [3.8, 4) is 0 Å². The third-order valence-corrected chi connectivity index (χ3v) is 7.66. The van der Waals surface area contributed by atoms with Crippen LogP contribution >= 0.6 is 0 Å². The molecule has 3 fully saturated rings.